The van der Waals surface area contributed by atoms with Gasteiger partial charge in [-0.1, -0.05) is 6.42 Å². The molecule has 0 aromatic heterocycles. The summed E-state index contributed by atoms with van der Waals surface area (Å²) in [7, 11) is 0. The highest BCUT2D eigenvalue weighted by Crippen LogP contribution is 2.39. The average Bonchev–Trinajstić information content (AvgIpc) is 2.56. The summed E-state index contributed by atoms with van der Waals surface area (Å²) in [6.45, 7) is 4.33. The molecule has 0 aromatic carbocycles. The van der Waals surface area contributed by atoms with Gasteiger partial charge in [0.05, 0.1) is 0 Å². The summed E-state index contributed by atoms with van der Waals surface area (Å²) in [5, 5.41) is 0. The van der Waals surface area contributed by atoms with Crippen LogP contribution in [0.1, 0.15) is 32.1 Å². The van der Waals surface area contributed by atoms with E-state index in [-0.39, 0.29) is 0 Å². The molecular formula is C11H19N. The zero-order chi connectivity index (χ0) is 7.97. The van der Waals surface area contributed by atoms with Crippen molar-refractivity contribution in [2.45, 2.75) is 32.1 Å². The van der Waals surface area contributed by atoms with Crippen LogP contribution in [0.2, 0.25) is 0 Å². The third kappa shape index (κ3) is 1.28. The molecule has 68 valence electrons. The normalized spacial score (nSPS) is 42.0. The fourth-order valence-electron chi connectivity index (χ4n) is 3.15. The lowest BCUT2D eigenvalue weighted by Crippen LogP contribution is -2.23. The molecule has 3 rings (SSSR count). The first-order valence-electron chi connectivity index (χ1n) is 5.64. The Hall–Kier alpha value is -0.0400. The van der Waals surface area contributed by atoms with Crippen LogP contribution >= 0.6 is 0 Å². The van der Waals surface area contributed by atoms with Gasteiger partial charge in [0.2, 0.25) is 0 Å². The van der Waals surface area contributed by atoms with Gasteiger partial charge in [-0.2, -0.15) is 0 Å². The van der Waals surface area contributed by atoms with Crippen molar-refractivity contribution in [3.8, 4) is 0 Å². The second kappa shape index (κ2) is 2.73. The SMILES string of the molecule is C1CC2CN(CC3CC3)CC2C1. The standard InChI is InChI=1S/C11H19N/c1-2-10-7-12(6-9-4-5-9)8-11(10)3-1/h9-11H,1-8H2. The second-order valence-electron chi connectivity index (χ2n) is 5.11. The van der Waals surface area contributed by atoms with E-state index in [1.54, 1.807) is 0 Å². The number of hydrogen-bond acceptors (Lipinski definition) is 1. The van der Waals surface area contributed by atoms with Crippen molar-refractivity contribution in [1.82, 2.24) is 4.90 Å². The Balaban J connectivity index is 1.56. The molecule has 1 aliphatic heterocycles. The molecule has 1 heterocycles. The van der Waals surface area contributed by atoms with Crippen molar-refractivity contribution in [2.75, 3.05) is 19.6 Å². The van der Waals surface area contributed by atoms with E-state index < -0.39 is 0 Å². The Morgan fingerprint density at radius 2 is 1.58 bits per heavy atom. The Morgan fingerprint density at radius 1 is 0.917 bits per heavy atom. The van der Waals surface area contributed by atoms with Crippen LogP contribution in [0, 0.1) is 17.8 Å². The van der Waals surface area contributed by atoms with Gasteiger partial charge in [0.15, 0.2) is 0 Å². The van der Waals surface area contributed by atoms with Gasteiger partial charge in [-0.05, 0) is 43.4 Å². The highest BCUT2D eigenvalue weighted by Gasteiger charge is 2.37. The lowest BCUT2D eigenvalue weighted by molar-refractivity contribution is 0.299. The molecular weight excluding hydrogens is 146 g/mol. The number of hydrogen-bond donors (Lipinski definition) is 0. The molecule has 0 spiro atoms. The fourth-order valence-corrected chi connectivity index (χ4v) is 3.15. The lowest BCUT2D eigenvalue weighted by atomic mass is 10.0. The predicted octanol–water partition coefficient (Wildman–Crippen LogP) is 2.13. The first-order chi connectivity index (χ1) is 5.92. The maximum atomic E-state index is 2.74. The molecule has 0 N–H and O–H groups in total. The third-order valence-corrected chi connectivity index (χ3v) is 4.02. The van der Waals surface area contributed by atoms with Gasteiger partial charge in [0.1, 0.15) is 0 Å². The minimum Gasteiger partial charge on any atom is -0.302 e. The zero-order valence-corrected chi connectivity index (χ0v) is 7.84. The van der Waals surface area contributed by atoms with Gasteiger partial charge in [-0.15, -0.1) is 0 Å². The van der Waals surface area contributed by atoms with Crippen LogP contribution in [0.4, 0.5) is 0 Å². The average molecular weight is 165 g/mol. The third-order valence-electron chi connectivity index (χ3n) is 4.02. The van der Waals surface area contributed by atoms with E-state index in [1.807, 2.05) is 0 Å². The number of fused-ring (bicyclic) bond motifs is 1. The second-order valence-corrected chi connectivity index (χ2v) is 5.11. The molecule has 0 aromatic rings. The molecule has 0 radical (unpaired) electrons. The van der Waals surface area contributed by atoms with Gasteiger partial charge in [0, 0.05) is 19.6 Å². The Kier molecular flexibility index (Phi) is 1.68. The van der Waals surface area contributed by atoms with E-state index in [9.17, 15) is 0 Å². The minimum atomic E-state index is 1.10. The van der Waals surface area contributed by atoms with Crippen LogP contribution in [-0.4, -0.2) is 24.5 Å². The molecule has 0 amide bonds. The molecule has 2 aliphatic carbocycles. The smallest absolute Gasteiger partial charge is 0.00130 e. The largest absolute Gasteiger partial charge is 0.302 e. The Morgan fingerprint density at radius 3 is 2.17 bits per heavy atom. The monoisotopic (exact) mass is 165 g/mol. The fraction of sp³-hybridized carbons (Fsp3) is 1.00. The summed E-state index contributed by atoms with van der Waals surface area (Å²) in [5.41, 5.74) is 0. The molecule has 1 nitrogen and oxygen atoms in total. The minimum absolute atomic E-state index is 1.10. The van der Waals surface area contributed by atoms with E-state index in [1.165, 1.54) is 51.7 Å². The molecule has 1 saturated heterocycles. The highest BCUT2D eigenvalue weighted by molar-refractivity contribution is 4.90. The summed E-state index contributed by atoms with van der Waals surface area (Å²) in [5.74, 6) is 3.30. The van der Waals surface area contributed by atoms with Gasteiger partial charge < -0.3 is 4.90 Å². The molecule has 2 saturated carbocycles. The summed E-state index contributed by atoms with van der Waals surface area (Å²) in [4.78, 5) is 2.74. The van der Waals surface area contributed by atoms with Crippen LogP contribution in [0.15, 0.2) is 0 Å². The Labute approximate surface area is 75.1 Å². The van der Waals surface area contributed by atoms with Crippen molar-refractivity contribution >= 4 is 0 Å². The summed E-state index contributed by atoms with van der Waals surface area (Å²) < 4.78 is 0. The maximum Gasteiger partial charge on any atom is 0.00130 e. The molecule has 2 unspecified atom stereocenters. The summed E-state index contributed by atoms with van der Waals surface area (Å²) >= 11 is 0. The van der Waals surface area contributed by atoms with E-state index in [0.717, 1.165) is 17.8 Å². The quantitative estimate of drug-likeness (QED) is 0.606. The van der Waals surface area contributed by atoms with Crippen LogP contribution < -0.4 is 0 Å². The van der Waals surface area contributed by atoms with E-state index in [0.29, 0.717) is 0 Å². The molecule has 0 bridgehead atoms. The number of nitrogens with zero attached hydrogens (tertiary/aromatic N) is 1. The van der Waals surface area contributed by atoms with Crippen molar-refractivity contribution < 1.29 is 0 Å². The molecule has 12 heavy (non-hydrogen) atoms. The maximum absolute atomic E-state index is 2.74. The van der Waals surface area contributed by atoms with Crippen molar-refractivity contribution in [2.24, 2.45) is 17.8 Å². The molecule has 1 heteroatoms. The van der Waals surface area contributed by atoms with Gasteiger partial charge in [0.25, 0.3) is 0 Å². The first-order valence-corrected chi connectivity index (χ1v) is 5.64. The van der Waals surface area contributed by atoms with E-state index in [2.05, 4.69) is 4.90 Å². The number of likely N-dealkylation sites (tertiary alicyclic amines) is 1. The highest BCUT2D eigenvalue weighted by atomic mass is 15.2. The molecule has 3 aliphatic rings. The van der Waals surface area contributed by atoms with Gasteiger partial charge in [-0.3, -0.25) is 0 Å². The van der Waals surface area contributed by atoms with Crippen molar-refractivity contribution in [1.29, 1.82) is 0 Å². The van der Waals surface area contributed by atoms with Crippen LogP contribution in [0.25, 0.3) is 0 Å². The summed E-state index contributed by atoms with van der Waals surface area (Å²) in [6, 6.07) is 0. The topological polar surface area (TPSA) is 3.24 Å². The van der Waals surface area contributed by atoms with Crippen LogP contribution in [-0.2, 0) is 0 Å². The Bertz CT molecular complexity index is 162. The van der Waals surface area contributed by atoms with E-state index >= 15 is 0 Å². The zero-order valence-electron chi connectivity index (χ0n) is 7.84. The van der Waals surface area contributed by atoms with Gasteiger partial charge >= 0.3 is 0 Å². The van der Waals surface area contributed by atoms with Crippen LogP contribution in [0.5, 0.6) is 0 Å². The number of rotatable bonds is 2. The molecule has 3 fully saturated rings. The summed E-state index contributed by atoms with van der Waals surface area (Å²) in [6.07, 6.45) is 7.63. The molecule has 2 atom stereocenters. The van der Waals surface area contributed by atoms with Gasteiger partial charge in [-0.25, -0.2) is 0 Å². The first kappa shape index (κ1) is 7.37. The van der Waals surface area contributed by atoms with Crippen molar-refractivity contribution in [3.05, 3.63) is 0 Å². The van der Waals surface area contributed by atoms with E-state index in [4.69, 9.17) is 0 Å². The lowest BCUT2D eigenvalue weighted by Gasteiger charge is -2.15. The van der Waals surface area contributed by atoms with Crippen molar-refractivity contribution in [3.63, 3.8) is 0 Å². The predicted molar refractivity (Wildman–Crippen MR) is 50.0 cm³/mol. The van der Waals surface area contributed by atoms with Crippen LogP contribution in [0.3, 0.4) is 0 Å².